The molecule has 24 heavy (non-hydrogen) atoms. The van der Waals surface area contributed by atoms with Crippen LogP contribution in [0.1, 0.15) is 5.56 Å². The van der Waals surface area contributed by atoms with Gasteiger partial charge < -0.3 is 4.74 Å². The highest BCUT2D eigenvalue weighted by Crippen LogP contribution is 2.30. The summed E-state index contributed by atoms with van der Waals surface area (Å²) < 4.78 is 6.68. The lowest BCUT2D eigenvalue weighted by atomic mass is 10.2. The van der Waals surface area contributed by atoms with Crippen molar-refractivity contribution in [1.29, 1.82) is 0 Å². The van der Waals surface area contributed by atoms with Gasteiger partial charge in [-0.3, -0.25) is 4.79 Å². The van der Waals surface area contributed by atoms with E-state index in [0.29, 0.717) is 27.1 Å². The molecule has 0 aliphatic heterocycles. The average molecular weight is 359 g/mol. The first kappa shape index (κ1) is 16.6. The zero-order chi connectivity index (χ0) is 16.9. The van der Waals surface area contributed by atoms with Gasteiger partial charge in [0.15, 0.2) is 5.75 Å². The molecule has 3 aromatic rings. The molecule has 0 aliphatic rings. The third-order valence-corrected chi connectivity index (χ3v) is 4.94. The van der Waals surface area contributed by atoms with Crippen molar-refractivity contribution in [2.45, 2.75) is 10.6 Å². The minimum absolute atomic E-state index is 0.211. The SMILES string of the molecule is COc1cnn(-c2ccccc2)c(=O)c1SCc1ccccc1Cl. The number of nitrogens with zero attached hydrogens (tertiary/aromatic N) is 2. The van der Waals surface area contributed by atoms with Gasteiger partial charge in [-0.1, -0.05) is 48.0 Å². The number of halogens is 1. The lowest BCUT2D eigenvalue weighted by Crippen LogP contribution is -2.23. The molecule has 0 radical (unpaired) electrons. The van der Waals surface area contributed by atoms with Gasteiger partial charge in [0.1, 0.15) is 4.90 Å². The zero-order valence-electron chi connectivity index (χ0n) is 13.0. The largest absolute Gasteiger partial charge is 0.494 e. The first-order valence-corrected chi connectivity index (χ1v) is 8.65. The van der Waals surface area contributed by atoms with Crippen molar-refractivity contribution in [3.05, 3.63) is 81.7 Å². The molecule has 0 N–H and O–H groups in total. The second kappa shape index (κ2) is 7.55. The molecule has 0 unspecified atom stereocenters. The van der Waals surface area contributed by atoms with Gasteiger partial charge in [0.2, 0.25) is 0 Å². The Balaban J connectivity index is 1.97. The molecule has 4 nitrogen and oxygen atoms in total. The van der Waals surface area contributed by atoms with E-state index in [1.54, 1.807) is 6.20 Å². The molecule has 0 spiro atoms. The average Bonchev–Trinajstić information content (AvgIpc) is 2.62. The standard InChI is InChI=1S/C18H15ClN2O2S/c1-23-16-11-20-21(14-8-3-2-4-9-14)18(22)17(16)24-12-13-7-5-6-10-15(13)19/h2-11H,12H2,1H3. The number of hydrogen-bond donors (Lipinski definition) is 0. The molecule has 2 aromatic carbocycles. The number of methoxy groups -OCH3 is 1. The fourth-order valence-corrected chi connectivity index (χ4v) is 3.54. The summed E-state index contributed by atoms with van der Waals surface area (Å²) in [5.41, 5.74) is 1.47. The zero-order valence-corrected chi connectivity index (χ0v) is 14.6. The monoisotopic (exact) mass is 358 g/mol. The summed E-state index contributed by atoms with van der Waals surface area (Å²) in [6, 6.07) is 16.9. The summed E-state index contributed by atoms with van der Waals surface area (Å²) in [5.74, 6) is 1.04. The van der Waals surface area contributed by atoms with Crippen LogP contribution in [-0.2, 0) is 5.75 Å². The second-order valence-corrected chi connectivity index (χ2v) is 6.37. The maximum Gasteiger partial charge on any atom is 0.288 e. The van der Waals surface area contributed by atoms with Crippen LogP contribution < -0.4 is 10.3 Å². The Morgan fingerprint density at radius 2 is 1.83 bits per heavy atom. The topological polar surface area (TPSA) is 44.1 Å². The lowest BCUT2D eigenvalue weighted by Gasteiger charge is -2.11. The molecule has 0 fully saturated rings. The van der Waals surface area contributed by atoms with Crippen molar-refractivity contribution in [3.8, 4) is 11.4 Å². The fraction of sp³-hybridized carbons (Fsp3) is 0.111. The molecule has 0 amide bonds. The minimum Gasteiger partial charge on any atom is -0.494 e. The van der Waals surface area contributed by atoms with Crippen molar-refractivity contribution >= 4 is 23.4 Å². The first-order chi connectivity index (χ1) is 11.7. The normalized spacial score (nSPS) is 10.6. The number of thioether (sulfide) groups is 1. The molecule has 1 heterocycles. The molecule has 6 heteroatoms. The van der Waals surface area contributed by atoms with Gasteiger partial charge in [-0.25, -0.2) is 0 Å². The van der Waals surface area contributed by atoms with E-state index in [-0.39, 0.29) is 5.56 Å². The quantitative estimate of drug-likeness (QED) is 0.641. The van der Waals surface area contributed by atoms with Crippen molar-refractivity contribution < 1.29 is 4.74 Å². The van der Waals surface area contributed by atoms with Crippen LogP contribution in [0.25, 0.3) is 5.69 Å². The van der Waals surface area contributed by atoms with Crippen LogP contribution in [0.5, 0.6) is 5.75 Å². The minimum atomic E-state index is -0.211. The Kier molecular flexibility index (Phi) is 5.23. The molecule has 0 saturated heterocycles. The smallest absolute Gasteiger partial charge is 0.288 e. The third kappa shape index (κ3) is 3.47. The molecule has 0 atom stereocenters. The molecular formula is C18H15ClN2O2S. The van der Waals surface area contributed by atoms with Gasteiger partial charge in [-0.2, -0.15) is 9.78 Å². The van der Waals surface area contributed by atoms with Gasteiger partial charge in [0, 0.05) is 10.8 Å². The fourth-order valence-electron chi connectivity index (χ4n) is 2.22. The van der Waals surface area contributed by atoms with Crippen LogP contribution in [-0.4, -0.2) is 16.9 Å². The van der Waals surface area contributed by atoms with E-state index in [1.165, 1.54) is 23.6 Å². The van der Waals surface area contributed by atoms with Gasteiger partial charge >= 0.3 is 0 Å². The summed E-state index contributed by atoms with van der Waals surface area (Å²) in [7, 11) is 1.53. The Bertz CT molecular complexity index is 897. The van der Waals surface area contributed by atoms with Gasteiger partial charge in [-0.05, 0) is 23.8 Å². The number of benzene rings is 2. The van der Waals surface area contributed by atoms with Gasteiger partial charge in [0.05, 0.1) is 19.0 Å². The maximum atomic E-state index is 12.8. The van der Waals surface area contributed by atoms with E-state index in [2.05, 4.69) is 5.10 Å². The summed E-state index contributed by atoms with van der Waals surface area (Å²) >= 11 is 7.58. The Morgan fingerprint density at radius 3 is 2.54 bits per heavy atom. The Labute approximate surface area is 149 Å². The maximum absolute atomic E-state index is 12.8. The molecule has 122 valence electrons. The molecule has 0 bridgehead atoms. The molecule has 3 rings (SSSR count). The Morgan fingerprint density at radius 1 is 1.12 bits per heavy atom. The highest BCUT2D eigenvalue weighted by Gasteiger charge is 2.14. The van der Waals surface area contributed by atoms with Gasteiger partial charge in [-0.15, -0.1) is 11.8 Å². The van der Waals surface area contributed by atoms with E-state index < -0.39 is 0 Å². The molecule has 1 aromatic heterocycles. The second-order valence-electron chi connectivity index (χ2n) is 4.97. The van der Waals surface area contributed by atoms with Crippen LogP contribution in [0.3, 0.4) is 0 Å². The van der Waals surface area contributed by atoms with E-state index in [1.807, 2.05) is 54.6 Å². The van der Waals surface area contributed by atoms with Crippen LogP contribution in [0.15, 0.2) is 70.5 Å². The summed E-state index contributed by atoms with van der Waals surface area (Å²) in [5, 5.41) is 4.87. The summed E-state index contributed by atoms with van der Waals surface area (Å²) in [4.78, 5) is 13.3. The van der Waals surface area contributed by atoms with Crippen LogP contribution in [0.4, 0.5) is 0 Å². The predicted octanol–water partition coefficient (Wildman–Crippen LogP) is 4.19. The van der Waals surface area contributed by atoms with Crippen molar-refractivity contribution in [2.24, 2.45) is 0 Å². The number of para-hydroxylation sites is 1. The number of hydrogen-bond acceptors (Lipinski definition) is 4. The number of aromatic nitrogens is 2. The summed E-state index contributed by atoms with van der Waals surface area (Å²) in [6.45, 7) is 0. The van der Waals surface area contributed by atoms with Crippen LogP contribution in [0, 0.1) is 0 Å². The van der Waals surface area contributed by atoms with Crippen molar-refractivity contribution in [3.63, 3.8) is 0 Å². The lowest BCUT2D eigenvalue weighted by molar-refractivity contribution is 0.397. The van der Waals surface area contributed by atoms with E-state index in [4.69, 9.17) is 16.3 Å². The van der Waals surface area contributed by atoms with Crippen LogP contribution >= 0.6 is 23.4 Å². The number of ether oxygens (including phenoxy) is 1. The summed E-state index contributed by atoms with van der Waals surface area (Å²) in [6.07, 6.45) is 1.56. The Hall–Kier alpha value is -2.24. The highest BCUT2D eigenvalue weighted by atomic mass is 35.5. The van der Waals surface area contributed by atoms with Gasteiger partial charge in [0.25, 0.3) is 5.56 Å². The van der Waals surface area contributed by atoms with Crippen LogP contribution in [0.2, 0.25) is 5.02 Å². The number of rotatable bonds is 5. The highest BCUT2D eigenvalue weighted by molar-refractivity contribution is 7.98. The molecular weight excluding hydrogens is 344 g/mol. The molecule has 0 aliphatic carbocycles. The third-order valence-electron chi connectivity index (χ3n) is 3.45. The van der Waals surface area contributed by atoms with Crippen molar-refractivity contribution in [1.82, 2.24) is 9.78 Å². The predicted molar refractivity (Wildman–Crippen MR) is 97.4 cm³/mol. The van der Waals surface area contributed by atoms with E-state index in [0.717, 1.165) is 5.56 Å². The van der Waals surface area contributed by atoms with E-state index in [9.17, 15) is 4.79 Å². The van der Waals surface area contributed by atoms with E-state index >= 15 is 0 Å². The molecule has 0 saturated carbocycles. The first-order valence-electron chi connectivity index (χ1n) is 7.28. The van der Waals surface area contributed by atoms with Crippen molar-refractivity contribution in [2.75, 3.05) is 7.11 Å².